The Morgan fingerprint density at radius 3 is 2.62 bits per heavy atom. The number of aryl methyl sites for hydroxylation is 1. The van der Waals surface area contributed by atoms with Crippen LogP contribution in [0.25, 0.3) is 0 Å². The van der Waals surface area contributed by atoms with Crippen molar-refractivity contribution in [3.8, 4) is 0 Å². The number of carboxylic acid groups (broad SMARTS) is 1. The molecule has 8 nitrogen and oxygen atoms in total. The van der Waals surface area contributed by atoms with Crippen LogP contribution in [0.15, 0.2) is 20.8 Å². The molecular weight excluding hydrogens is 376 g/mol. The van der Waals surface area contributed by atoms with E-state index in [2.05, 4.69) is 10.1 Å². The molecule has 156 valence electrons. The van der Waals surface area contributed by atoms with Crippen LogP contribution in [-0.2, 0) is 22.4 Å². The first kappa shape index (κ1) is 21.0. The molecule has 2 aliphatic rings. The molecular formula is C21H26N2O6. The molecule has 3 rings (SSSR count). The molecule has 8 heteroatoms. The van der Waals surface area contributed by atoms with Crippen LogP contribution < -0.4 is 0 Å². The summed E-state index contributed by atoms with van der Waals surface area (Å²) in [7, 11) is 0. The molecule has 1 aromatic heterocycles. The van der Waals surface area contributed by atoms with Crippen molar-refractivity contribution >= 4 is 23.2 Å². The number of nitrogens with zero attached hydrogens (tertiary/aromatic N) is 2. The van der Waals surface area contributed by atoms with E-state index in [-0.39, 0.29) is 47.6 Å². The van der Waals surface area contributed by atoms with E-state index in [1.165, 1.54) is 6.92 Å². The number of Topliss-reactive ketones (excluding diaryl/α,β-unsaturated/α-hetero) is 2. The molecule has 2 aliphatic carbocycles. The molecule has 29 heavy (non-hydrogen) atoms. The molecule has 1 heterocycles. The van der Waals surface area contributed by atoms with Gasteiger partial charge in [0.2, 0.25) is 0 Å². The average molecular weight is 402 g/mol. The van der Waals surface area contributed by atoms with Crippen molar-refractivity contribution in [2.75, 3.05) is 0 Å². The highest BCUT2D eigenvalue weighted by atomic mass is 16.5. The maximum atomic E-state index is 12.5. The van der Waals surface area contributed by atoms with Crippen molar-refractivity contribution in [1.29, 1.82) is 0 Å². The first-order chi connectivity index (χ1) is 13.6. The lowest BCUT2D eigenvalue weighted by Crippen LogP contribution is -2.26. The van der Waals surface area contributed by atoms with E-state index in [4.69, 9.17) is 9.63 Å². The Bertz CT molecular complexity index is 922. The fourth-order valence-corrected chi connectivity index (χ4v) is 3.93. The number of allylic oxidation sites excluding steroid dienone is 2. The molecule has 1 saturated carbocycles. The maximum Gasteiger partial charge on any atom is 0.328 e. The Morgan fingerprint density at radius 1 is 1.21 bits per heavy atom. The molecule has 1 fully saturated rings. The summed E-state index contributed by atoms with van der Waals surface area (Å²) < 4.78 is 5.37. The van der Waals surface area contributed by atoms with Gasteiger partial charge in [-0.05, 0) is 25.2 Å². The highest BCUT2D eigenvalue weighted by Crippen LogP contribution is 2.36. The molecule has 1 atom stereocenters. The van der Waals surface area contributed by atoms with E-state index in [0.717, 1.165) is 0 Å². The van der Waals surface area contributed by atoms with Gasteiger partial charge in [0.15, 0.2) is 11.6 Å². The number of carbonyl (C=O) groups is 3. The van der Waals surface area contributed by atoms with Crippen molar-refractivity contribution in [2.24, 2.45) is 10.4 Å². The van der Waals surface area contributed by atoms with Crippen LogP contribution in [0.4, 0.5) is 0 Å². The number of aliphatic hydroxyl groups excluding tert-OH is 1. The highest BCUT2D eigenvalue weighted by molar-refractivity contribution is 6.24. The summed E-state index contributed by atoms with van der Waals surface area (Å²) in [6.07, 6.45) is 2.66. The molecule has 0 aliphatic heterocycles. The topological polar surface area (TPSA) is 130 Å². The Hall–Kier alpha value is -2.77. The van der Waals surface area contributed by atoms with Gasteiger partial charge in [-0.15, -0.1) is 0 Å². The van der Waals surface area contributed by atoms with Gasteiger partial charge in [-0.1, -0.05) is 19.0 Å². The van der Waals surface area contributed by atoms with Crippen LogP contribution in [0, 0.1) is 5.41 Å². The molecule has 0 saturated heterocycles. The van der Waals surface area contributed by atoms with Crippen molar-refractivity contribution in [3.63, 3.8) is 0 Å². The molecule has 0 amide bonds. The number of ketones is 2. The number of rotatable bonds is 5. The minimum absolute atomic E-state index is 0.0223. The van der Waals surface area contributed by atoms with E-state index >= 15 is 0 Å². The van der Waals surface area contributed by atoms with Gasteiger partial charge < -0.3 is 14.7 Å². The van der Waals surface area contributed by atoms with Gasteiger partial charge in [-0.2, -0.15) is 0 Å². The zero-order valence-corrected chi connectivity index (χ0v) is 16.9. The lowest BCUT2D eigenvalue weighted by Gasteiger charge is -2.26. The summed E-state index contributed by atoms with van der Waals surface area (Å²) in [5.74, 6) is -0.938. The standard InChI is InChI=1S/C21H26N2O6/c1-11(20(27)28)22-12-5-4-6-14(24)18(12)15(25)8-7-13-19-16(26)9-21(2,3)10-17(19)29-23-13/h11,25H,4-10H2,1-3H3,(H,27,28). The number of aromatic nitrogens is 1. The van der Waals surface area contributed by atoms with E-state index in [1.807, 2.05) is 13.8 Å². The number of fused-ring (bicyclic) bond motifs is 1. The lowest BCUT2D eigenvalue weighted by atomic mass is 9.76. The predicted octanol–water partition coefficient (Wildman–Crippen LogP) is 3.24. The fourth-order valence-electron chi connectivity index (χ4n) is 3.93. The Balaban J connectivity index is 1.83. The summed E-state index contributed by atoms with van der Waals surface area (Å²) in [5.41, 5.74) is 1.23. The second-order valence-electron chi connectivity index (χ2n) is 8.56. The first-order valence-corrected chi connectivity index (χ1v) is 9.85. The van der Waals surface area contributed by atoms with Crippen molar-refractivity contribution in [3.05, 3.63) is 28.3 Å². The number of aliphatic imine (C=N–C) groups is 1. The molecule has 1 aromatic rings. The smallest absolute Gasteiger partial charge is 0.328 e. The largest absolute Gasteiger partial charge is 0.511 e. The number of aliphatic hydroxyl groups is 1. The van der Waals surface area contributed by atoms with E-state index in [1.54, 1.807) is 0 Å². The molecule has 0 radical (unpaired) electrons. The van der Waals surface area contributed by atoms with Gasteiger partial charge in [0, 0.05) is 32.1 Å². The van der Waals surface area contributed by atoms with E-state index in [0.29, 0.717) is 48.4 Å². The average Bonchev–Trinajstić information content (AvgIpc) is 3.01. The quantitative estimate of drug-likeness (QED) is 0.571. The fraction of sp³-hybridized carbons (Fsp3) is 0.571. The van der Waals surface area contributed by atoms with Crippen LogP contribution in [-0.4, -0.2) is 44.7 Å². The van der Waals surface area contributed by atoms with Crippen molar-refractivity contribution in [2.45, 2.75) is 71.8 Å². The Morgan fingerprint density at radius 2 is 1.93 bits per heavy atom. The monoisotopic (exact) mass is 402 g/mol. The minimum atomic E-state index is -1.09. The SMILES string of the molecule is CC(N=C1CCCC(=O)C1=C(O)CCc1noc2c1C(=O)CC(C)(C)C2)C(=O)O. The zero-order chi connectivity index (χ0) is 21.3. The maximum absolute atomic E-state index is 12.5. The zero-order valence-electron chi connectivity index (χ0n) is 16.9. The lowest BCUT2D eigenvalue weighted by molar-refractivity contribution is -0.138. The number of hydrogen-bond acceptors (Lipinski definition) is 7. The summed E-state index contributed by atoms with van der Waals surface area (Å²) >= 11 is 0. The van der Waals surface area contributed by atoms with Gasteiger partial charge in [-0.3, -0.25) is 14.6 Å². The number of carbonyl (C=O) groups excluding carboxylic acids is 2. The van der Waals surface area contributed by atoms with Crippen molar-refractivity contribution in [1.82, 2.24) is 5.16 Å². The van der Waals surface area contributed by atoms with Crippen molar-refractivity contribution < 1.29 is 29.1 Å². The Labute approximate surface area is 168 Å². The Kier molecular flexibility index (Phi) is 5.73. The molecule has 0 spiro atoms. The van der Waals surface area contributed by atoms with Crippen LogP contribution >= 0.6 is 0 Å². The van der Waals surface area contributed by atoms with Gasteiger partial charge >= 0.3 is 5.97 Å². The van der Waals surface area contributed by atoms with E-state index < -0.39 is 12.0 Å². The highest BCUT2D eigenvalue weighted by Gasteiger charge is 2.36. The van der Waals surface area contributed by atoms with Crippen LogP contribution in [0.2, 0.25) is 0 Å². The molecule has 0 bridgehead atoms. The molecule has 2 N–H and O–H groups in total. The van der Waals surface area contributed by atoms with Crippen LogP contribution in [0.5, 0.6) is 0 Å². The second kappa shape index (κ2) is 7.93. The minimum Gasteiger partial charge on any atom is -0.511 e. The third kappa shape index (κ3) is 4.46. The third-order valence-corrected chi connectivity index (χ3v) is 5.37. The first-order valence-electron chi connectivity index (χ1n) is 9.85. The number of carboxylic acids is 1. The van der Waals surface area contributed by atoms with Gasteiger partial charge in [0.1, 0.15) is 17.6 Å². The molecule has 0 aromatic carbocycles. The van der Waals surface area contributed by atoms with Gasteiger partial charge in [-0.25, -0.2) is 4.79 Å². The number of aliphatic carboxylic acids is 1. The van der Waals surface area contributed by atoms with E-state index in [9.17, 15) is 19.5 Å². The summed E-state index contributed by atoms with van der Waals surface area (Å²) in [6, 6.07) is -0.998. The van der Waals surface area contributed by atoms with Gasteiger partial charge in [0.25, 0.3) is 0 Å². The number of hydrogen-bond donors (Lipinski definition) is 2. The second-order valence-corrected chi connectivity index (χ2v) is 8.56. The summed E-state index contributed by atoms with van der Waals surface area (Å²) in [5, 5.41) is 23.7. The predicted molar refractivity (Wildman–Crippen MR) is 104 cm³/mol. The van der Waals surface area contributed by atoms with Crippen LogP contribution in [0.1, 0.15) is 74.7 Å². The molecule has 1 unspecified atom stereocenters. The van der Waals surface area contributed by atoms with Crippen LogP contribution in [0.3, 0.4) is 0 Å². The summed E-state index contributed by atoms with van der Waals surface area (Å²) in [4.78, 5) is 40.1. The normalized spacial score (nSPS) is 23.1. The third-order valence-electron chi connectivity index (χ3n) is 5.37. The summed E-state index contributed by atoms with van der Waals surface area (Å²) in [6.45, 7) is 5.43. The van der Waals surface area contributed by atoms with Gasteiger partial charge in [0.05, 0.1) is 22.5 Å².